The number of nitrogens with zero attached hydrogens (tertiary/aromatic N) is 1. The Morgan fingerprint density at radius 3 is 2.58 bits per heavy atom. The Morgan fingerprint density at radius 2 is 1.89 bits per heavy atom. The lowest BCUT2D eigenvalue weighted by Gasteiger charge is -2.20. The van der Waals surface area contributed by atoms with Gasteiger partial charge in [-0.15, -0.1) is 0 Å². The Labute approximate surface area is 115 Å². The first-order valence-electron chi connectivity index (χ1n) is 6.33. The fraction of sp³-hybridized carbons (Fsp3) is 0.286. The molecule has 0 saturated carbocycles. The van der Waals surface area contributed by atoms with Gasteiger partial charge in [0.25, 0.3) is 11.1 Å². The van der Waals surface area contributed by atoms with Crippen molar-refractivity contribution in [2.75, 3.05) is 18.0 Å². The lowest BCUT2D eigenvalue weighted by Crippen LogP contribution is -2.19. The second kappa shape index (κ2) is 5.09. The van der Waals surface area contributed by atoms with Crippen LogP contribution in [0, 0.1) is 0 Å². The van der Waals surface area contributed by atoms with Crippen molar-refractivity contribution in [3.63, 3.8) is 0 Å². The van der Waals surface area contributed by atoms with E-state index in [1.807, 2.05) is 18.2 Å². The molecule has 2 heterocycles. The number of hydrogen-bond donors (Lipinski definition) is 1. The number of carbonyl (C=O) groups is 2. The molecule has 19 heavy (non-hydrogen) atoms. The predicted octanol–water partition coefficient (Wildman–Crippen LogP) is 2.61. The average Bonchev–Trinajstić information content (AvgIpc) is 3.01. The number of thioether (sulfide) groups is 1. The Balaban J connectivity index is 1.94. The molecule has 2 aliphatic rings. The van der Waals surface area contributed by atoms with Crippen LogP contribution in [0.15, 0.2) is 29.2 Å². The average molecular weight is 274 g/mol. The molecule has 4 nitrogen and oxygen atoms in total. The highest BCUT2D eigenvalue weighted by Crippen LogP contribution is 2.30. The predicted molar refractivity (Wildman–Crippen MR) is 77.0 cm³/mol. The van der Waals surface area contributed by atoms with Crippen molar-refractivity contribution in [3.8, 4) is 0 Å². The summed E-state index contributed by atoms with van der Waals surface area (Å²) in [7, 11) is 0. The summed E-state index contributed by atoms with van der Waals surface area (Å²) in [6.45, 7) is 2.11. The van der Waals surface area contributed by atoms with Crippen LogP contribution in [0.1, 0.15) is 18.4 Å². The zero-order chi connectivity index (χ0) is 13.2. The molecule has 0 bridgehead atoms. The third-order valence-electron chi connectivity index (χ3n) is 3.31. The number of para-hydroxylation sites is 1. The van der Waals surface area contributed by atoms with Crippen LogP contribution in [0.5, 0.6) is 0 Å². The van der Waals surface area contributed by atoms with Gasteiger partial charge < -0.3 is 4.90 Å². The summed E-state index contributed by atoms with van der Waals surface area (Å²) < 4.78 is 0. The van der Waals surface area contributed by atoms with Crippen molar-refractivity contribution in [2.45, 2.75) is 12.8 Å². The SMILES string of the molecule is O=C1NC(=O)C(=Cc2ccccc2N2CCCC2)S1. The zero-order valence-electron chi connectivity index (χ0n) is 10.4. The lowest BCUT2D eigenvalue weighted by molar-refractivity contribution is -0.115. The van der Waals surface area contributed by atoms with Crippen LogP contribution in [0.3, 0.4) is 0 Å². The van der Waals surface area contributed by atoms with E-state index >= 15 is 0 Å². The highest BCUT2D eigenvalue weighted by molar-refractivity contribution is 8.18. The number of amides is 2. The molecule has 3 rings (SSSR count). The maximum atomic E-state index is 11.6. The van der Waals surface area contributed by atoms with Crippen molar-refractivity contribution in [2.24, 2.45) is 0 Å². The first-order valence-corrected chi connectivity index (χ1v) is 7.14. The third-order valence-corrected chi connectivity index (χ3v) is 4.12. The van der Waals surface area contributed by atoms with Crippen molar-refractivity contribution in [3.05, 3.63) is 34.7 Å². The van der Waals surface area contributed by atoms with E-state index in [4.69, 9.17) is 0 Å². The normalized spacial score (nSPS) is 21.3. The van der Waals surface area contributed by atoms with Crippen LogP contribution in [0.25, 0.3) is 6.08 Å². The summed E-state index contributed by atoms with van der Waals surface area (Å²) in [4.78, 5) is 25.6. The molecule has 0 aliphatic carbocycles. The van der Waals surface area contributed by atoms with Crippen LogP contribution in [-0.2, 0) is 4.79 Å². The molecule has 2 saturated heterocycles. The van der Waals surface area contributed by atoms with Crippen LogP contribution in [-0.4, -0.2) is 24.2 Å². The summed E-state index contributed by atoms with van der Waals surface area (Å²) >= 11 is 0.963. The number of anilines is 1. The maximum absolute atomic E-state index is 11.6. The van der Waals surface area contributed by atoms with E-state index in [0.717, 1.165) is 36.1 Å². The van der Waals surface area contributed by atoms with E-state index < -0.39 is 0 Å². The standard InChI is InChI=1S/C14H14N2O2S/c17-13-12(19-14(18)15-13)9-10-5-1-2-6-11(10)16-7-3-4-8-16/h1-2,5-6,9H,3-4,7-8H2,(H,15,17,18). The molecular weight excluding hydrogens is 260 g/mol. The number of hydrogen-bond acceptors (Lipinski definition) is 4. The fourth-order valence-corrected chi connectivity index (χ4v) is 3.09. The maximum Gasteiger partial charge on any atom is 0.290 e. The van der Waals surface area contributed by atoms with Gasteiger partial charge in [-0.1, -0.05) is 18.2 Å². The van der Waals surface area contributed by atoms with Gasteiger partial charge in [-0.3, -0.25) is 14.9 Å². The molecule has 0 unspecified atom stereocenters. The molecule has 2 aliphatic heterocycles. The Kier molecular flexibility index (Phi) is 3.29. The van der Waals surface area contributed by atoms with Gasteiger partial charge in [0.15, 0.2) is 0 Å². The Bertz CT molecular complexity index is 562. The smallest absolute Gasteiger partial charge is 0.290 e. The molecule has 1 aromatic carbocycles. The fourth-order valence-electron chi connectivity index (χ4n) is 2.42. The molecule has 98 valence electrons. The molecule has 0 spiro atoms. The summed E-state index contributed by atoms with van der Waals surface area (Å²) in [5.74, 6) is -0.300. The van der Waals surface area contributed by atoms with Gasteiger partial charge >= 0.3 is 0 Å². The minimum absolute atomic E-state index is 0.296. The van der Waals surface area contributed by atoms with Crippen LogP contribution in [0.4, 0.5) is 10.5 Å². The van der Waals surface area contributed by atoms with E-state index in [1.54, 1.807) is 6.08 Å². The highest BCUT2D eigenvalue weighted by atomic mass is 32.2. The van der Waals surface area contributed by atoms with Crippen LogP contribution >= 0.6 is 11.8 Å². The first-order chi connectivity index (χ1) is 9.24. The van der Waals surface area contributed by atoms with Gasteiger partial charge in [0, 0.05) is 18.8 Å². The quantitative estimate of drug-likeness (QED) is 0.842. The van der Waals surface area contributed by atoms with E-state index in [1.165, 1.54) is 12.8 Å². The van der Waals surface area contributed by atoms with Gasteiger partial charge in [-0.25, -0.2) is 0 Å². The topological polar surface area (TPSA) is 49.4 Å². The molecule has 0 atom stereocenters. The molecule has 2 fully saturated rings. The molecule has 2 amide bonds. The second-order valence-corrected chi connectivity index (χ2v) is 5.62. The molecule has 1 N–H and O–H groups in total. The number of imide groups is 1. The van der Waals surface area contributed by atoms with E-state index in [9.17, 15) is 9.59 Å². The highest BCUT2D eigenvalue weighted by Gasteiger charge is 2.25. The summed E-state index contributed by atoms with van der Waals surface area (Å²) in [5, 5.41) is 1.98. The van der Waals surface area contributed by atoms with Crippen LogP contribution in [0.2, 0.25) is 0 Å². The Morgan fingerprint density at radius 1 is 1.16 bits per heavy atom. The lowest BCUT2D eigenvalue weighted by atomic mass is 10.1. The van der Waals surface area contributed by atoms with Crippen molar-refractivity contribution in [1.82, 2.24) is 5.32 Å². The number of benzene rings is 1. The minimum atomic E-state index is -0.300. The minimum Gasteiger partial charge on any atom is -0.371 e. The van der Waals surface area contributed by atoms with Gasteiger partial charge in [0.1, 0.15) is 0 Å². The van der Waals surface area contributed by atoms with Crippen molar-refractivity contribution in [1.29, 1.82) is 0 Å². The summed E-state index contributed by atoms with van der Waals surface area (Å²) in [6.07, 6.45) is 4.22. The van der Waals surface area contributed by atoms with E-state index in [2.05, 4.69) is 16.3 Å². The largest absolute Gasteiger partial charge is 0.371 e. The van der Waals surface area contributed by atoms with E-state index in [0.29, 0.717) is 4.91 Å². The van der Waals surface area contributed by atoms with Gasteiger partial charge in [0.05, 0.1) is 4.91 Å². The van der Waals surface area contributed by atoms with Crippen LogP contribution < -0.4 is 10.2 Å². The summed E-state index contributed by atoms with van der Waals surface area (Å²) in [6, 6.07) is 8.00. The number of nitrogens with one attached hydrogen (secondary N) is 1. The van der Waals surface area contributed by atoms with E-state index in [-0.39, 0.29) is 11.1 Å². The molecular formula is C14H14N2O2S. The number of rotatable bonds is 2. The first kappa shape index (κ1) is 12.3. The van der Waals surface area contributed by atoms with Gasteiger partial charge in [-0.05, 0) is 42.3 Å². The zero-order valence-corrected chi connectivity index (χ0v) is 11.2. The van der Waals surface area contributed by atoms with Gasteiger partial charge in [0.2, 0.25) is 0 Å². The second-order valence-electron chi connectivity index (χ2n) is 4.61. The number of carbonyl (C=O) groups excluding carboxylic acids is 2. The molecule has 5 heteroatoms. The summed E-state index contributed by atoms with van der Waals surface area (Å²) in [5.41, 5.74) is 2.14. The van der Waals surface area contributed by atoms with Gasteiger partial charge in [-0.2, -0.15) is 0 Å². The monoisotopic (exact) mass is 274 g/mol. The Hall–Kier alpha value is -1.75. The third kappa shape index (κ3) is 2.51. The molecule has 1 aromatic rings. The molecule has 0 radical (unpaired) electrons. The van der Waals surface area contributed by atoms with Crippen molar-refractivity contribution < 1.29 is 9.59 Å². The molecule has 0 aromatic heterocycles. The van der Waals surface area contributed by atoms with Crippen molar-refractivity contribution >= 4 is 34.7 Å².